The van der Waals surface area contributed by atoms with Crippen LogP contribution >= 0.6 is 0 Å². The standard InChI is InChI=1S/C11H21NO/c1-7(2)9-5-4-8(3)6-10(9)11(12)13/h7-10H,4-6H2,1-3H3,(H2,12,13)/t8-,9+,10?/m1/s1. The monoisotopic (exact) mass is 183 g/mol. The molecule has 0 bridgehead atoms. The summed E-state index contributed by atoms with van der Waals surface area (Å²) < 4.78 is 0. The lowest BCUT2D eigenvalue weighted by molar-refractivity contribution is -0.125. The van der Waals surface area contributed by atoms with Crippen LogP contribution in [0.1, 0.15) is 40.0 Å². The van der Waals surface area contributed by atoms with E-state index in [2.05, 4.69) is 20.8 Å². The van der Waals surface area contributed by atoms with Crippen molar-refractivity contribution in [3.8, 4) is 0 Å². The fourth-order valence-corrected chi connectivity index (χ4v) is 2.53. The lowest BCUT2D eigenvalue weighted by Gasteiger charge is -2.35. The first-order valence-electron chi connectivity index (χ1n) is 5.31. The van der Waals surface area contributed by atoms with Crippen LogP contribution < -0.4 is 5.73 Å². The number of primary amides is 1. The molecule has 1 rings (SSSR count). The first-order valence-corrected chi connectivity index (χ1v) is 5.31. The third-order valence-corrected chi connectivity index (χ3v) is 3.39. The van der Waals surface area contributed by atoms with Crippen LogP contribution in [0.3, 0.4) is 0 Å². The Labute approximate surface area is 80.9 Å². The molecule has 1 unspecified atom stereocenters. The molecule has 13 heavy (non-hydrogen) atoms. The quantitative estimate of drug-likeness (QED) is 0.700. The number of amides is 1. The largest absolute Gasteiger partial charge is 0.369 e. The molecule has 0 saturated heterocycles. The van der Waals surface area contributed by atoms with Crippen molar-refractivity contribution in [3.63, 3.8) is 0 Å². The minimum Gasteiger partial charge on any atom is -0.369 e. The Morgan fingerprint density at radius 3 is 2.46 bits per heavy atom. The zero-order valence-electron chi connectivity index (χ0n) is 8.92. The van der Waals surface area contributed by atoms with Gasteiger partial charge in [0.25, 0.3) is 0 Å². The molecular weight excluding hydrogens is 162 g/mol. The topological polar surface area (TPSA) is 43.1 Å². The predicted octanol–water partition coefficient (Wildman–Crippen LogP) is 2.18. The Morgan fingerprint density at radius 2 is 2.00 bits per heavy atom. The smallest absolute Gasteiger partial charge is 0.220 e. The molecule has 2 nitrogen and oxygen atoms in total. The van der Waals surface area contributed by atoms with Gasteiger partial charge in [0.15, 0.2) is 0 Å². The van der Waals surface area contributed by atoms with Gasteiger partial charge in [-0.1, -0.05) is 27.2 Å². The molecule has 76 valence electrons. The van der Waals surface area contributed by atoms with Crippen molar-refractivity contribution in [2.75, 3.05) is 0 Å². The van der Waals surface area contributed by atoms with Gasteiger partial charge in [0, 0.05) is 5.92 Å². The van der Waals surface area contributed by atoms with Crippen molar-refractivity contribution in [3.05, 3.63) is 0 Å². The van der Waals surface area contributed by atoms with Crippen LogP contribution in [0.5, 0.6) is 0 Å². The highest BCUT2D eigenvalue weighted by Gasteiger charge is 2.33. The average molecular weight is 183 g/mol. The normalized spacial score (nSPS) is 34.9. The number of rotatable bonds is 2. The van der Waals surface area contributed by atoms with E-state index in [1.807, 2.05) is 0 Å². The van der Waals surface area contributed by atoms with Crippen LogP contribution in [0.25, 0.3) is 0 Å². The number of carbonyl (C=O) groups is 1. The van der Waals surface area contributed by atoms with E-state index < -0.39 is 0 Å². The fourth-order valence-electron chi connectivity index (χ4n) is 2.53. The predicted molar refractivity (Wildman–Crippen MR) is 54.0 cm³/mol. The Bertz CT molecular complexity index is 189. The van der Waals surface area contributed by atoms with Crippen molar-refractivity contribution < 1.29 is 4.79 Å². The zero-order chi connectivity index (χ0) is 10.0. The molecule has 3 atom stereocenters. The van der Waals surface area contributed by atoms with E-state index in [-0.39, 0.29) is 11.8 Å². The maximum absolute atomic E-state index is 11.2. The lowest BCUT2D eigenvalue weighted by Crippen LogP contribution is -2.37. The third-order valence-electron chi connectivity index (χ3n) is 3.39. The highest BCUT2D eigenvalue weighted by Crippen LogP contribution is 2.37. The molecule has 2 heteroatoms. The van der Waals surface area contributed by atoms with Gasteiger partial charge < -0.3 is 5.73 Å². The second-order valence-electron chi connectivity index (χ2n) is 4.83. The molecule has 0 aliphatic heterocycles. The van der Waals surface area contributed by atoms with Gasteiger partial charge in [-0.3, -0.25) is 4.79 Å². The van der Waals surface area contributed by atoms with Gasteiger partial charge in [0.05, 0.1) is 0 Å². The number of nitrogens with two attached hydrogens (primary N) is 1. The van der Waals surface area contributed by atoms with Crippen LogP contribution in [-0.4, -0.2) is 5.91 Å². The summed E-state index contributed by atoms with van der Waals surface area (Å²) in [4.78, 5) is 11.2. The minimum absolute atomic E-state index is 0.0924. The van der Waals surface area contributed by atoms with E-state index in [4.69, 9.17) is 5.73 Å². The van der Waals surface area contributed by atoms with Crippen LogP contribution in [0.15, 0.2) is 0 Å². The second kappa shape index (κ2) is 4.12. The number of carbonyl (C=O) groups excluding carboxylic acids is 1. The second-order valence-corrected chi connectivity index (χ2v) is 4.83. The van der Waals surface area contributed by atoms with Crippen molar-refractivity contribution in [1.82, 2.24) is 0 Å². The van der Waals surface area contributed by atoms with Crippen molar-refractivity contribution in [2.24, 2.45) is 29.4 Å². The van der Waals surface area contributed by atoms with Gasteiger partial charge in [-0.25, -0.2) is 0 Å². The van der Waals surface area contributed by atoms with Crippen molar-refractivity contribution in [1.29, 1.82) is 0 Å². The van der Waals surface area contributed by atoms with Crippen LogP contribution in [0.4, 0.5) is 0 Å². The van der Waals surface area contributed by atoms with Crippen LogP contribution in [0, 0.1) is 23.7 Å². The molecule has 0 heterocycles. The molecule has 0 radical (unpaired) electrons. The van der Waals surface area contributed by atoms with E-state index >= 15 is 0 Å². The van der Waals surface area contributed by atoms with Gasteiger partial charge in [-0.05, 0) is 30.6 Å². The molecule has 0 aromatic rings. The fraction of sp³-hybridized carbons (Fsp3) is 0.909. The first-order chi connectivity index (χ1) is 6.02. The molecule has 0 spiro atoms. The van der Waals surface area contributed by atoms with Crippen LogP contribution in [-0.2, 0) is 4.79 Å². The molecule has 2 N–H and O–H groups in total. The molecule has 0 aromatic carbocycles. The Hall–Kier alpha value is -0.530. The molecule has 1 fully saturated rings. The third kappa shape index (κ3) is 2.45. The van der Waals surface area contributed by atoms with Gasteiger partial charge in [-0.15, -0.1) is 0 Å². The zero-order valence-corrected chi connectivity index (χ0v) is 8.92. The maximum Gasteiger partial charge on any atom is 0.220 e. The Balaban J connectivity index is 2.66. The van der Waals surface area contributed by atoms with E-state index in [1.54, 1.807) is 0 Å². The average Bonchev–Trinajstić information content (AvgIpc) is 2.03. The van der Waals surface area contributed by atoms with Gasteiger partial charge in [0.2, 0.25) is 5.91 Å². The van der Waals surface area contributed by atoms with Gasteiger partial charge in [-0.2, -0.15) is 0 Å². The van der Waals surface area contributed by atoms with Crippen molar-refractivity contribution >= 4 is 5.91 Å². The summed E-state index contributed by atoms with van der Waals surface area (Å²) in [7, 11) is 0. The first kappa shape index (κ1) is 10.6. The summed E-state index contributed by atoms with van der Waals surface area (Å²) in [5.74, 6) is 1.82. The number of hydrogen-bond acceptors (Lipinski definition) is 1. The summed E-state index contributed by atoms with van der Waals surface area (Å²) in [6, 6.07) is 0. The molecular formula is C11H21NO. The summed E-state index contributed by atoms with van der Waals surface area (Å²) in [6.45, 7) is 6.60. The van der Waals surface area contributed by atoms with E-state index in [1.165, 1.54) is 12.8 Å². The Kier molecular flexibility index (Phi) is 3.34. The molecule has 0 aromatic heterocycles. The summed E-state index contributed by atoms with van der Waals surface area (Å²) in [5.41, 5.74) is 5.42. The summed E-state index contributed by atoms with van der Waals surface area (Å²) in [6.07, 6.45) is 3.43. The van der Waals surface area contributed by atoms with E-state index in [9.17, 15) is 4.79 Å². The Morgan fingerprint density at radius 1 is 1.38 bits per heavy atom. The van der Waals surface area contributed by atoms with Gasteiger partial charge >= 0.3 is 0 Å². The van der Waals surface area contributed by atoms with Crippen molar-refractivity contribution in [2.45, 2.75) is 40.0 Å². The maximum atomic E-state index is 11.2. The molecule has 1 saturated carbocycles. The lowest BCUT2D eigenvalue weighted by atomic mass is 9.70. The van der Waals surface area contributed by atoms with Crippen LogP contribution in [0.2, 0.25) is 0 Å². The minimum atomic E-state index is -0.0924. The molecule has 1 aliphatic rings. The molecule has 1 amide bonds. The van der Waals surface area contributed by atoms with E-state index in [0.29, 0.717) is 17.8 Å². The highest BCUT2D eigenvalue weighted by atomic mass is 16.1. The van der Waals surface area contributed by atoms with E-state index in [0.717, 1.165) is 6.42 Å². The highest BCUT2D eigenvalue weighted by molar-refractivity contribution is 5.77. The molecule has 1 aliphatic carbocycles. The van der Waals surface area contributed by atoms with Gasteiger partial charge in [0.1, 0.15) is 0 Å². The summed E-state index contributed by atoms with van der Waals surface area (Å²) in [5, 5.41) is 0. The number of hydrogen-bond donors (Lipinski definition) is 1. The summed E-state index contributed by atoms with van der Waals surface area (Å²) >= 11 is 0. The SMILES string of the molecule is CC(C)[C@@H]1CC[C@@H](C)CC1C(N)=O.